The minimum Gasteiger partial charge on any atom is -0.444 e. The molecule has 0 radical (unpaired) electrons. The van der Waals surface area contributed by atoms with E-state index in [-0.39, 0.29) is 6.09 Å². The van der Waals surface area contributed by atoms with Crippen LogP contribution in [-0.2, 0) is 11.2 Å². The predicted molar refractivity (Wildman–Crippen MR) is 111 cm³/mol. The average Bonchev–Trinajstić information content (AvgIpc) is 3.15. The quantitative estimate of drug-likeness (QED) is 0.716. The zero-order valence-electron chi connectivity index (χ0n) is 17.0. The molecule has 1 aromatic carbocycles. The second kappa shape index (κ2) is 8.79. The van der Waals surface area contributed by atoms with E-state index in [9.17, 15) is 4.79 Å². The second-order valence-corrected chi connectivity index (χ2v) is 8.70. The number of rotatable bonds is 4. The molecule has 2 aromatic rings. The van der Waals surface area contributed by atoms with E-state index in [4.69, 9.17) is 21.6 Å². The van der Waals surface area contributed by atoms with Gasteiger partial charge in [-0.15, -0.1) is 0 Å². The van der Waals surface area contributed by atoms with Gasteiger partial charge in [-0.05, 0) is 51.7 Å². The third-order valence-electron chi connectivity index (χ3n) is 4.80. The maximum atomic E-state index is 12.2. The Bertz CT molecular complexity index is 916. The van der Waals surface area contributed by atoms with Crippen molar-refractivity contribution in [2.75, 3.05) is 13.1 Å². The summed E-state index contributed by atoms with van der Waals surface area (Å²) in [6.45, 7) is 7.05. The minimum atomic E-state index is -0.478. The number of hydrogen-bond donors (Lipinski definition) is 0. The summed E-state index contributed by atoms with van der Waals surface area (Å²) in [6, 6.07) is 9.28. The number of ether oxygens (including phenoxy) is 1. The number of hydrogen-bond acceptors (Lipinski definition) is 5. The van der Waals surface area contributed by atoms with Gasteiger partial charge in [0.05, 0.1) is 22.3 Å². The van der Waals surface area contributed by atoms with Crippen LogP contribution in [0.5, 0.6) is 0 Å². The standard InChI is InChI=1S/C22H25ClN4O2/c1-22(2,3)29-21(28)27-11-10-16(14-27)6-9-19-25-13-18(23)20(26-19)17-7-4-15(12-24)5-8-17/h4-5,7-8,13,16H,6,9-11,14H2,1-3H3/t16-/m0/s1. The van der Waals surface area contributed by atoms with Crippen LogP contribution in [0.4, 0.5) is 4.79 Å². The fourth-order valence-corrected chi connectivity index (χ4v) is 3.52. The van der Waals surface area contributed by atoms with Crippen molar-refractivity contribution < 1.29 is 9.53 Å². The smallest absolute Gasteiger partial charge is 0.410 e. The van der Waals surface area contributed by atoms with E-state index in [1.54, 1.807) is 23.2 Å². The summed E-state index contributed by atoms with van der Waals surface area (Å²) in [5, 5.41) is 9.43. The molecular weight excluding hydrogens is 388 g/mol. The van der Waals surface area contributed by atoms with Crippen LogP contribution in [0.15, 0.2) is 30.5 Å². The van der Waals surface area contributed by atoms with Gasteiger partial charge in [0.1, 0.15) is 11.4 Å². The molecule has 1 saturated heterocycles. The van der Waals surface area contributed by atoms with Gasteiger partial charge in [0.2, 0.25) is 0 Å². The van der Waals surface area contributed by atoms with Crippen LogP contribution >= 0.6 is 11.6 Å². The van der Waals surface area contributed by atoms with E-state index in [1.807, 2.05) is 32.9 Å². The topological polar surface area (TPSA) is 79.1 Å². The van der Waals surface area contributed by atoms with Gasteiger partial charge in [-0.2, -0.15) is 5.26 Å². The van der Waals surface area contributed by atoms with Gasteiger partial charge in [0.15, 0.2) is 0 Å². The molecule has 0 bridgehead atoms. The number of nitrogens with zero attached hydrogens (tertiary/aromatic N) is 4. The molecule has 0 unspecified atom stereocenters. The Morgan fingerprint density at radius 3 is 2.72 bits per heavy atom. The van der Waals surface area contributed by atoms with Crippen LogP contribution in [-0.4, -0.2) is 39.7 Å². The molecule has 0 aliphatic carbocycles. The SMILES string of the molecule is CC(C)(C)OC(=O)N1CC[C@H](CCc2ncc(Cl)c(-c3ccc(C#N)cc3)n2)C1. The first-order chi connectivity index (χ1) is 13.7. The van der Waals surface area contributed by atoms with Gasteiger partial charge in [0, 0.05) is 31.3 Å². The molecule has 1 fully saturated rings. The van der Waals surface area contributed by atoms with Crippen molar-refractivity contribution in [1.29, 1.82) is 5.26 Å². The highest BCUT2D eigenvalue weighted by Gasteiger charge is 2.29. The zero-order chi connectivity index (χ0) is 21.0. The molecule has 0 spiro atoms. The second-order valence-electron chi connectivity index (χ2n) is 8.29. The number of carbonyl (C=O) groups excluding carboxylic acids is 1. The molecule has 29 heavy (non-hydrogen) atoms. The first-order valence-electron chi connectivity index (χ1n) is 9.75. The van der Waals surface area contributed by atoms with E-state index >= 15 is 0 Å². The summed E-state index contributed by atoms with van der Waals surface area (Å²) in [5.41, 5.74) is 1.64. The molecule has 1 aliphatic rings. The average molecular weight is 413 g/mol. The lowest BCUT2D eigenvalue weighted by molar-refractivity contribution is 0.0287. The molecule has 1 atom stereocenters. The van der Waals surface area contributed by atoms with Gasteiger partial charge in [-0.3, -0.25) is 0 Å². The highest BCUT2D eigenvalue weighted by atomic mass is 35.5. The summed E-state index contributed by atoms with van der Waals surface area (Å²) in [5.74, 6) is 1.13. The molecule has 0 N–H and O–H groups in total. The molecule has 6 nitrogen and oxygen atoms in total. The highest BCUT2D eigenvalue weighted by Crippen LogP contribution is 2.27. The van der Waals surface area contributed by atoms with Crippen molar-refractivity contribution >= 4 is 17.7 Å². The summed E-state index contributed by atoms with van der Waals surface area (Å²) in [7, 11) is 0. The normalized spacial score (nSPS) is 16.5. The van der Waals surface area contributed by atoms with Crippen molar-refractivity contribution in [3.05, 3.63) is 46.9 Å². The van der Waals surface area contributed by atoms with Gasteiger partial charge in [0.25, 0.3) is 0 Å². The number of likely N-dealkylation sites (tertiary alicyclic amines) is 1. The number of benzene rings is 1. The Balaban J connectivity index is 1.60. The molecule has 2 heterocycles. The zero-order valence-corrected chi connectivity index (χ0v) is 17.7. The van der Waals surface area contributed by atoms with Crippen molar-refractivity contribution in [2.24, 2.45) is 5.92 Å². The largest absolute Gasteiger partial charge is 0.444 e. The lowest BCUT2D eigenvalue weighted by Gasteiger charge is -2.24. The van der Waals surface area contributed by atoms with Crippen LogP contribution < -0.4 is 0 Å². The third kappa shape index (κ3) is 5.68. The van der Waals surface area contributed by atoms with Crippen LogP contribution in [0.2, 0.25) is 5.02 Å². The van der Waals surface area contributed by atoms with E-state index in [0.29, 0.717) is 35.2 Å². The molecule has 7 heteroatoms. The molecule has 152 valence electrons. The number of aromatic nitrogens is 2. The van der Waals surface area contributed by atoms with Gasteiger partial charge in [-0.25, -0.2) is 14.8 Å². The Labute approximate surface area is 176 Å². The lowest BCUT2D eigenvalue weighted by Crippen LogP contribution is -2.35. The Hall–Kier alpha value is -2.65. The first-order valence-corrected chi connectivity index (χ1v) is 10.1. The molecule has 1 aromatic heterocycles. The molecule has 0 saturated carbocycles. The number of carbonyl (C=O) groups is 1. The van der Waals surface area contributed by atoms with Gasteiger partial charge < -0.3 is 9.64 Å². The van der Waals surface area contributed by atoms with Gasteiger partial charge >= 0.3 is 6.09 Å². The predicted octanol–water partition coefficient (Wildman–Crippen LogP) is 4.86. The molecule has 1 aliphatic heterocycles. The van der Waals surface area contributed by atoms with Crippen LogP contribution in [0.1, 0.15) is 45.0 Å². The maximum absolute atomic E-state index is 12.2. The molecular formula is C22H25ClN4O2. The van der Waals surface area contributed by atoms with Crippen molar-refractivity contribution in [1.82, 2.24) is 14.9 Å². The van der Waals surface area contributed by atoms with E-state index in [1.165, 1.54) is 0 Å². The Morgan fingerprint density at radius 1 is 1.34 bits per heavy atom. The van der Waals surface area contributed by atoms with Crippen LogP contribution in [0, 0.1) is 17.2 Å². The number of halogens is 1. The van der Waals surface area contributed by atoms with E-state index in [0.717, 1.165) is 30.8 Å². The fourth-order valence-electron chi connectivity index (χ4n) is 3.32. The summed E-state index contributed by atoms with van der Waals surface area (Å²) in [6.07, 6.45) is 3.95. The van der Waals surface area contributed by atoms with Crippen molar-refractivity contribution in [3.8, 4) is 17.3 Å². The van der Waals surface area contributed by atoms with Crippen molar-refractivity contribution in [3.63, 3.8) is 0 Å². The number of aryl methyl sites for hydroxylation is 1. The Morgan fingerprint density at radius 2 is 2.07 bits per heavy atom. The fraction of sp³-hybridized carbons (Fsp3) is 0.455. The maximum Gasteiger partial charge on any atom is 0.410 e. The Kier molecular flexibility index (Phi) is 6.39. The lowest BCUT2D eigenvalue weighted by atomic mass is 10.0. The van der Waals surface area contributed by atoms with Gasteiger partial charge in [-0.1, -0.05) is 23.7 Å². The highest BCUT2D eigenvalue weighted by molar-refractivity contribution is 6.32. The third-order valence-corrected chi connectivity index (χ3v) is 5.07. The summed E-state index contributed by atoms with van der Waals surface area (Å²) in [4.78, 5) is 23.0. The molecule has 1 amide bonds. The first kappa shape index (κ1) is 21.1. The van der Waals surface area contributed by atoms with Crippen molar-refractivity contribution in [2.45, 2.75) is 45.6 Å². The summed E-state index contributed by atoms with van der Waals surface area (Å²) >= 11 is 6.29. The van der Waals surface area contributed by atoms with E-state index < -0.39 is 5.60 Å². The number of nitriles is 1. The minimum absolute atomic E-state index is 0.245. The molecule has 3 rings (SSSR count). The van der Waals surface area contributed by atoms with Crippen LogP contribution in [0.25, 0.3) is 11.3 Å². The number of amides is 1. The van der Waals surface area contributed by atoms with E-state index in [2.05, 4.69) is 16.0 Å². The monoisotopic (exact) mass is 412 g/mol. The van der Waals surface area contributed by atoms with Crippen LogP contribution in [0.3, 0.4) is 0 Å². The summed E-state index contributed by atoms with van der Waals surface area (Å²) < 4.78 is 5.45.